The third-order valence-corrected chi connectivity index (χ3v) is 5.62. The molecule has 2 rings (SSSR count). The first-order chi connectivity index (χ1) is 9.36. The summed E-state index contributed by atoms with van der Waals surface area (Å²) < 4.78 is 0. The number of hydrogen-bond donors (Lipinski definition) is 0. The summed E-state index contributed by atoms with van der Waals surface area (Å²) >= 11 is 0. The van der Waals surface area contributed by atoms with Gasteiger partial charge in [0.2, 0.25) is 0 Å². The Hall–Kier alpha value is -0.195. The summed E-state index contributed by atoms with van der Waals surface area (Å²) in [4.78, 5) is 0. The molecule has 0 aromatic heterocycles. The van der Waals surface area contributed by atoms with Crippen LogP contribution in [0.25, 0.3) is 0 Å². The van der Waals surface area contributed by atoms with Gasteiger partial charge in [0.1, 0.15) is 0 Å². The molecule has 0 aromatic rings. The Morgan fingerprint density at radius 3 is 1.68 bits per heavy atom. The van der Waals surface area contributed by atoms with Crippen LogP contribution in [0, 0.1) is 0 Å². The molecule has 1 heteroatoms. The quantitative estimate of drug-likeness (QED) is 0.499. The zero-order valence-electron chi connectivity index (χ0n) is 13.3. The molecule has 0 N–H and O–H groups in total. The average molecular weight is 260 g/mol. The van der Waals surface area contributed by atoms with Crippen LogP contribution in [0.4, 0.5) is 0 Å². The molecule has 0 nitrogen and oxygen atoms in total. The van der Waals surface area contributed by atoms with Gasteiger partial charge in [0.15, 0.2) is 6.71 Å². The van der Waals surface area contributed by atoms with Gasteiger partial charge in [-0.05, 0) is 12.8 Å². The first kappa shape index (κ1) is 15.2. The molecule has 2 aliphatic rings. The highest BCUT2D eigenvalue weighted by atomic mass is 14.2. The van der Waals surface area contributed by atoms with E-state index in [9.17, 15) is 0 Å². The Balaban J connectivity index is 2.12. The topological polar surface area (TPSA) is 0 Å². The lowest BCUT2D eigenvalue weighted by Crippen LogP contribution is -2.32. The third-order valence-electron chi connectivity index (χ3n) is 5.62. The first-order valence-corrected chi connectivity index (χ1v) is 9.05. The van der Waals surface area contributed by atoms with Crippen LogP contribution in [0.5, 0.6) is 0 Å². The van der Waals surface area contributed by atoms with Gasteiger partial charge in [0.05, 0.1) is 0 Å². The molecule has 0 aliphatic heterocycles. The van der Waals surface area contributed by atoms with Crippen LogP contribution in [-0.2, 0) is 0 Å². The van der Waals surface area contributed by atoms with Crippen LogP contribution in [-0.4, -0.2) is 6.71 Å². The van der Waals surface area contributed by atoms with E-state index in [1.165, 1.54) is 77.0 Å². The van der Waals surface area contributed by atoms with Crippen LogP contribution >= 0.6 is 0 Å². The zero-order chi connectivity index (χ0) is 13.5. The van der Waals surface area contributed by atoms with Crippen LogP contribution < -0.4 is 0 Å². The van der Waals surface area contributed by atoms with E-state index in [1.54, 1.807) is 0 Å². The highest BCUT2D eigenvalue weighted by Gasteiger charge is 2.36. The minimum absolute atomic E-state index is 0.950. The summed E-state index contributed by atoms with van der Waals surface area (Å²) in [5, 5.41) is 0. The van der Waals surface area contributed by atoms with E-state index in [1.807, 2.05) is 5.47 Å². The molecule has 0 aromatic carbocycles. The largest absolute Gasteiger partial charge is 0.176 e. The molecular weight excluding hydrogens is 227 g/mol. The molecule has 0 amide bonds. The van der Waals surface area contributed by atoms with E-state index in [0.717, 1.165) is 18.3 Å². The maximum atomic E-state index is 2.58. The van der Waals surface area contributed by atoms with Gasteiger partial charge in [-0.2, -0.15) is 0 Å². The lowest BCUT2D eigenvalue weighted by molar-refractivity contribution is 0.463. The predicted octanol–water partition coefficient (Wildman–Crippen LogP) is 6.44. The second-order valence-corrected chi connectivity index (χ2v) is 6.86. The Kier molecular flexibility index (Phi) is 6.54. The highest BCUT2D eigenvalue weighted by Crippen LogP contribution is 2.44. The second-order valence-electron chi connectivity index (χ2n) is 6.86. The van der Waals surface area contributed by atoms with Crippen molar-refractivity contribution in [1.29, 1.82) is 0 Å². The van der Waals surface area contributed by atoms with Gasteiger partial charge >= 0.3 is 0 Å². The number of allylic oxidation sites excluding steroid dienone is 2. The number of hydrogen-bond acceptors (Lipinski definition) is 0. The Morgan fingerprint density at radius 2 is 1.32 bits per heavy atom. The van der Waals surface area contributed by atoms with Crippen molar-refractivity contribution in [2.45, 2.75) is 103 Å². The van der Waals surface area contributed by atoms with Crippen molar-refractivity contribution in [3.05, 3.63) is 11.5 Å². The van der Waals surface area contributed by atoms with Crippen LogP contribution in [0.2, 0.25) is 11.6 Å². The molecule has 0 unspecified atom stereocenters. The average Bonchev–Trinajstić information content (AvgIpc) is 2.49. The standard InChI is InChI=1S/C18H33B/c1-3-11-16(4-2)19(17-12-7-5-8-13-17)18-14-9-6-10-15-18/h11,17-18H,3-10,12-15H2,1-2H3/b16-11+. The second kappa shape index (κ2) is 8.17. The molecule has 0 radical (unpaired) electrons. The molecule has 108 valence electrons. The lowest BCUT2D eigenvalue weighted by Gasteiger charge is -2.37. The Labute approximate surface area is 121 Å². The van der Waals surface area contributed by atoms with E-state index in [2.05, 4.69) is 19.9 Å². The monoisotopic (exact) mass is 260 g/mol. The first-order valence-electron chi connectivity index (χ1n) is 9.05. The fourth-order valence-corrected chi connectivity index (χ4v) is 4.76. The summed E-state index contributed by atoms with van der Waals surface area (Å²) in [5.74, 6) is 2.05. The van der Waals surface area contributed by atoms with Crippen LogP contribution in [0.15, 0.2) is 11.5 Å². The van der Waals surface area contributed by atoms with Crippen molar-refractivity contribution in [3.8, 4) is 0 Å². The van der Waals surface area contributed by atoms with Crippen LogP contribution in [0.3, 0.4) is 0 Å². The normalized spacial score (nSPS) is 23.6. The van der Waals surface area contributed by atoms with Crippen molar-refractivity contribution in [3.63, 3.8) is 0 Å². The summed E-state index contributed by atoms with van der Waals surface area (Å²) in [6.45, 7) is 5.65. The van der Waals surface area contributed by atoms with Gasteiger partial charge in [0, 0.05) is 0 Å². The fourth-order valence-electron chi connectivity index (χ4n) is 4.76. The van der Waals surface area contributed by atoms with E-state index in [4.69, 9.17) is 0 Å². The van der Waals surface area contributed by atoms with Crippen LogP contribution in [0.1, 0.15) is 90.9 Å². The molecule has 0 bridgehead atoms. The minimum Gasteiger partial charge on any atom is -0.105 e. The maximum absolute atomic E-state index is 2.58. The molecule has 0 heterocycles. The maximum Gasteiger partial charge on any atom is 0.176 e. The molecule has 2 aliphatic carbocycles. The van der Waals surface area contributed by atoms with Gasteiger partial charge in [-0.3, -0.25) is 0 Å². The van der Waals surface area contributed by atoms with Gasteiger partial charge in [0.25, 0.3) is 0 Å². The van der Waals surface area contributed by atoms with Gasteiger partial charge in [-0.1, -0.05) is 95.8 Å². The number of rotatable bonds is 5. The van der Waals surface area contributed by atoms with Crippen molar-refractivity contribution in [2.24, 2.45) is 0 Å². The molecule has 2 fully saturated rings. The summed E-state index contributed by atoms with van der Waals surface area (Å²) in [5.41, 5.74) is 1.82. The molecule has 19 heavy (non-hydrogen) atoms. The lowest BCUT2D eigenvalue weighted by atomic mass is 9.26. The minimum atomic E-state index is 0.950. The molecule has 0 saturated heterocycles. The Morgan fingerprint density at radius 1 is 0.842 bits per heavy atom. The van der Waals surface area contributed by atoms with E-state index in [0.29, 0.717) is 0 Å². The van der Waals surface area contributed by atoms with Crippen molar-refractivity contribution in [1.82, 2.24) is 0 Å². The van der Waals surface area contributed by atoms with Crippen molar-refractivity contribution < 1.29 is 0 Å². The molecule has 0 atom stereocenters. The van der Waals surface area contributed by atoms with Crippen molar-refractivity contribution >= 4 is 6.71 Å². The zero-order valence-corrected chi connectivity index (χ0v) is 13.3. The summed E-state index contributed by atoms with van der Waals surface area (Å²) in [6, 6.07) is 0. The van der Waals surface area contributed by atoms with E-state index in [-0.39, 0.29) is 0 Å². The molecule has 2 saturated carbocycles. The van der Waals surface area contributed by atoms with E-state index < -0.39 is 0 Å². The third kappa shape index (κ3) is 4.13. The fraction of sp³-hybridized carbons (Fsp3) is 0.889. The highest BCUT2D eigenvalue weighted by molar-refractivity contribution is 6.69. The van der Waals surface area contributed by atoms with Crippen molar-refractivity contribution in [2.75, 3.05) is 0 Å². The smallest absolute Gasteiger partial charge is 0.105 e. The molecule has 0 spiro atoms. The van der Waals surface area contributed by atoms with E-state index >= 15 is 0 Å². The van der Waals surface area contributed by atoms with Gasteiger partial charge in [-0.15, -0.1) is 5.47 Å². The summed E-state index contributed by atoms with van der Waals surface area (Å²) in [6.07, 6.45) is 20.1. The molecular formula is C18H33B. The summed E-state index contributed by atoms with van der Waals surface area (Å²) in [7, 11) is 0. The Bertz CT molecular complexity index is 251. The van der Waals surface area contributed by atoms with Gasteiger partial charge < -0.3 is 0 Å². The predicted molar refractivity (Wildman–Crippen MR) is 88.1 cm³/mol. The van der Waals surface area contributed by atoms with Gasteiger partial charge in [-0.25, -0.2) is 0 Å². The SMILES string of the molecule is CC/C=C(\CC)B(C1CCCCC1)C1CCCCC1.